The third-order valence-electron chi connectivity index (χ3n) is 1.87. The molecule has 0 spiro atoms. The Morgan fingerprint density at radius 2 is 2.00 bits per heavy atom. The lowest BCUT2D eigenvalue weighted by atomic mass is 10.1. The van der Waals surface area contributed by atoms with Crippen LogP contribution in [0.1, 0.15) is 17.7 Å². The second kappa shape index (κ2) is 5.33. The highest BCUT2D eigenvalue weighted by atomic mass is 19.4. The molecule has 4 nitrogen and oxygen atoms in total. The molecule has 1 rings (SSSR count). The summed E-state index contributed by atoms with van der Waals surface area (Å²) in [5, 5.41) is 8.43. The molecule has 10 heteroatoms. The molecule has 0 bridgehead atoms. The lowest BCUT2D eigenvalue weighted by Crippen LogP contribution is -2.20. The van der Waals surface area contributed by atoms with Crippen LogP contribution in [-0.2, 0) is 11.2 Å². The van der Waals surface area contributed by atoms with E-state index in [1.807, 2.05) is 0 Å². The molecular weight excluding hydrogens is 284 g/mol. The summed E-state index contributed by atoms with van der Waals surface area (Å²) in [6, 6.07) is 0. The number of hydrogen-bond acceptors (Lipinski definition) is 3. The standard InChI is InChI=1S/C9H5F6NO3/c10-6-3(1-5(17)18)4(19-9(13,14)15)2-16-7(6)8(11)12/h2,8H,1H2,(H,17,18). The van der Waals surface area contributed by atoms with E-state index >= 15 is 0 Å². The van der Waals surface area contributed by atoms with Crippen molar-refractivity contribution < 1.29 is 41.0 Å². The molecule has 0 amide bonds. The Kier molecular flexibility index (Phi) is 4.22. The van der Waals surface area contributed by atoms with Crippen LogP contribution in [0.5, 0.6) is 5.75 Å². The van der Waals surface area contributed by atoms with Crippen LogP contribution < -0.4 is 4.74 Å². The first-order chi connectivity index (χ1) is 8.61. The minimum Gasteiger partial charge on any atom is -0.481 e. The lowest BCUT2D eigenvalue weighted by molar-refractivity contribution is -0.275. The molecule has 0 aliphatic rings. The summed E-state index contributed by atoms with van der Waals surface area (Å²) >= 11 is 0. The number of pyridine rings is 1. The van der Waals surface area contributed by atoms with Gasteiger partial charge in [-0.1, -0.05) is 0 Å². The Balaban J connectivity index is 3.31. The molecule has 19 heavy (non-hydrogen) atoms. The monoisotopic (exact) mass is 289 g/mol. The van der Waals surface area contributed by atoms with E-state index in [0.717, 1.165) is 0 Å². The van der Waals surface area contributed by atoms with Crippen molar-refractivity contribution in [2.24, 2.45) is 0 Å². The van der Waals surface area contributed by atoms with Crippen molar-refractivity contribution in [1.82, 2.24) is 4.98 Å². The average molecular weight is 289 g/mol. The first-order valence-electron chi connectivity index (χ1n) is 4.54. The van der Waals surface area contributed by atoms with Crippen LogP contribution in [-0.4, -0.2) is 22.4 Å². The van der Waals surface area contributed by atoms with Gasteiger partial charge in [-0.2, -0.15) is 0 Å². The highest BCUT2D eigenvalue weighted by Gasteiger charge is 2.34. The number of hydrogen-bond donors (Lipinski definition) is 1. The molecule has 0 saturated carbocycles. The summed E-state index contributed by atoms with van der Waals surface area (Å²) in [6.07, 6.45) is -9.67. The molecule has 0 aromatic carbocycles. The van der Waals surface area contributed by atoms with Gasteiger partial charge in [0.1, 0.15) is 5.69 Å². The third kappa shape index (κ3) is 4.00. The van der Waals surface area contributed by atoms with E-state index in [1.165, 1.54) is 0 Å². The molecule has 106 valence electrons. The molecule has 1 heterocycles. The molecule has 1 aromatic heterocycles. The maximum atomic E-state index is 13.5. The summed E-state index contributed by atoms with van der Waals surface area (Å²) in [6.45, 7) is 0. The molecule has 0 radical (unpaired) electrons. The molecule has 1 N–H and O–H groups in total. The number of carboxylic acid groups (broad SMARTS) is 1. The van der Waals surface area contributed by atoms with Crippen LogP contribution in [0.2, 0.25) is 0 Å². The number of carboxylic acids is 1. The number of nitrogens with zero attached hydrogens (tertiary/aromatic N) is 1. The van der Waals surface area contributed by atoms with Crippen molar-refractivity contribution >= 4 is 5.97 Å². The lowest BCUT2D eigenvalue weighted by Gasteiger charge is -2.14. The normalized spacial score (nSPS) is 11.7. The summed E-state index contributed by atoms with van der Waals surface area (Å²) in [4.78, 5) is 13.2. The minimum atomic E-state index is -5.23. The zero-order chi connectivity index (χ0) is 14.8. The van der Waals surface area contributed by atoms with E-state index in [1.54, 1.807) is 0 Å². The van der Waals surface area contributed by atoms with E-state index in [4.69, 9.17) is 5.11 Å². The predicted molar refractivity (Wildman–Crippen MR) is 47.2 cm³/mol. The number of carbonyl (C=O) groups is 1. The third-order valence-corrected chi connectivity index (χ3v) is 1.87. The van der Waals surface area contributed by atoms with Gasteiger partial charge in [0.25, 0.3) is 6.43 Å². The number of aliphatic carboxylic acids is 1. The maximum absolute atomic E-state index is 13.5. The van der Waals surface area contributed by atoms with Crippen LogP contribution >= 0.6 is 0 Å². The molecule has 0 saturated heterocycles. The minimum absolute atomic E-state index is 0.205. The highest BCUT2D eigenvalue weighted by Crippen LogP contribution is 2.31. The van der Waals surface area contributed by atoms with Gasteiger partial charge in [0, 0.05) is 5.56 Å². The highest BCUT2D eigenvalue weighted by molar-refractivity contribution is 5.71. The summed E-state index contributed by atoms with van der Waals surface area (Å²) in [7, 11) is 0. The van der Waals surface area contributed by atoms with Crippen LogP contribution in [0.4, 0.5) is 26.3 Å². The van der Waals surface area contributed by atoms with Gasteiger partial charge in [0.2, 0.25) is 0 Å². The fraction of sp³-hybridized carbons (Fsp3) is 0.333. The quantitative estimate of drug-likeness (QED) is 0.866. The topological polar surface area (TPSA) is 59.4 Å². The van der Waals surface area contributed by atoms with Crippen molar-refractivity contribution in [3.8, 4) is 5.75 Å². The first-order valence-corrected chi connectivity index (χ1v) is 4.54. The van der Waals surface area contributed by atoms with Gasteiger partial charge in [0.15, 0.2) is 11.6 Å². The van der Waals surface area contributed by atoms with Gasteiger partial charge in [-0.15, -0.1) is 13.2 Å². The fourth-order valence-corrected chi connectivity index (χ4v) is 1.21. The van der Waals surface area contributed by atoms with Gasteiger partial charge in [-0.25, -0.2) is 18.2 Å². The largest absolute Gasteiger partial charge is 0.573 e. The Bertz CT molecular complexity index is 488. The van der Waals surface area contributed by atoms with Crippen LogP contribution in [0.25, 0.3) is 0 Å². The van der Waals surface area contributed by atoms with Gasteiger partial charge < -0.3 is 9.84 Å². The van der Waals surface area contributed by atoms with Gasteiger partial charge in [0.05, 0.1) is 12.6 Å². The number of halogens is 6. The molecule has 0 fully saturated rings. The van der Waals surface area contributed by atoms with E-state index in [2.05, 4.69) is 9.72 Å². The Morgan fingerprint density at radius 1 is 1.42 bits per heavy atom. The van der Waals surface area contributed by atoms with Crippen molar-refractivity contribution in [3.05, 3.63) is 23.3 Å². The second-order valence-electron chi connectivity index (χ2n) is 3.22. The van der Waals surface area contributed by atoms with Crippen molar-refractivity contribution in [2.75, 3.05) is 0 Å². The van der Waals surface area contributed by atoms with Gasteiger partial charge in [-0.05, 0) is 0 Å². The Hall–Kier alpha value is -2.00. The number of aromatic nitrogens is 1. The molecular formula is C9H5F6NO3. The molecule has 0 aliphatic heterocycles. The molecule has 0 unspecified atom stereocenters. The predicted octanol–water partition coefficient (Wildman–Crippen LogP) is 2.68. The summed E-state index contributed by atoms with van der Waals surface area (Å²) in [5.41, 5.74) is -2.58. The fourth-order valence-electron chi connectivity index (χ4n) is 1.21. The summed E-state index contributed by atoms with van der Waals surface area (Å²) < 4.78 is 77.4. The van der Waals surface area contributed by atoms with E-state index < -0.39 is 48.0 Å². The van der Waals surface area contributed by atoms with Crippen LogP contribution in [0.3, 0.4) is 0 Å². The SMILES string of the molecule is O=C(O)Cc1c(OC(F)(F)F)cnc(C(F)F)c1F. The van der Waals surface area contributed by atoms with Gasteiger partial charge in [-0.3, -0.25) is 4.79 Å². The Morgan fingerprint density at radius 3 is 2.42 bits per heavy atom. The van der Waals surface area contributed by atoms with E-state index in [9.17, 15) is 31.1 Å². The average Bonchev–Trinajstić information content (AvgIpc) is 2.20. The zero-order valence-electron chi connectivity index (χ0n) is 8.84. The second-order valence-corrected chi connectivity index (χ2v) is 3.22. The smallest absolute Gasteiger partial charge is 0.481 e. The van der Waals surface area contributed by atoms with E-state index in [0.29, 0.717) is 0 Å². The van der Waals surface area contributed by atoms with Crippen LogP contribution in [0.15, 0.2) is 6.20 Å². The number of alkyl halides is 5. The molecule has 0 aliphatic carbocycles. The van der Waals surface area contributed by atoms with Crippen molar-refractivity contribution in [2.45, 2.75) is 19.2 Å². The first kappa shape index (κ1) is 15.1. The van der Waals surface area contributed by atoms with Crippen molar-refractivity contribution in [1.29, 1.82) is 0 Å². The van der Waals surface area contributed by atoms with Crippen molar-refractivity contribution in [3.63, 3.8) is 0 Å². The maximum Gasteiger partial charge on any atom is 0.573 e. The molecule has 1 aromatic rings. The number of ether oxygens (including phenoxy) is 1. The van der Waals surface area contributed by atoms with Crippen LogP contribution in [0, 0.1) is 5.82 Å². The van der Waals surface area contributed by atoms with Gasteiger partial charge >= 0.3 is 12.3 Å². The number of rotatable bonds is 4. The molecule has 0 atom stereocenters. The van der Waals surface area contributed by atoms with E-state index in [-0.39, 0.29) is 6.20 Å². The zero-order valence-corrected chi connectivity index (χ0v) is 8.84. The summed E-state index contributed by atoms with van der Waals surface area (Å²) in [5.74, 6) is -4.81. The Labute approximate surface area is 101 Å².